The fourth-order valence-corrected chi connectivity index (χ4v) is 3.14. The van der Waals surface area contributed by atoms with Crippen molar-refractivity contribution in [2.24, 2.45) is 5.92 Å². The SMILES string of the molecule is O=C(O)CCC=C[C@H]1CC[C@H](c2ccc(Br)cc2)CC1. The van der Waals surface area contributed by atoms with Gasteiger partial charge in [0.15, 0.2) is 0 Å². The highest BCUT2D eigenvalue weighted by molar-refractivity contribution is 9.10. The van der Waals surface area contributed by atoms with Gasteiger partial charge in [-0.1, -0.05) is 40.2 Å². The third-order valence-electron chi connectivity index (χ3n) is 4.05. The molecule has 2 rings (SSSR count). The molecule has 0 unspecified atom stereocenters. The van der Waals surface area contributed by atoms with Gasteiger partial charge in [-0.15, -0.1) is 0 Å². The summed E-state index contributed by atoms with van der Waals surface area (Å²) >= 11 is 3.47. The van der Waals surface area contributed by atoms with Gasteiger partial charge in [0, 0.05) is 10.9 Å². The number of halogens is 1. The summed E-state index contributed by atoms with van der Waals surface area (Å²) in [6, 6.07) is 8.68. The maximum Gasteiger partial charge on any atom is 0.303 e. The molecule has 3 heteroatoms. The number of carbonyl (C=O) groups is 1. The second kappa shape index (κ2) is 7.63. The minimum atomic E-state index is -0.714. The van der Waals surface area contributed by atoms with Gasteiger partial charge in [-0.2, -0.15) is 0 Å². The lowest BCUT2D eigenvalue weighted by Gasteiger charge is -2.27. The molecule has 1 aliphatic rings. The number of allylic oxidation sites excluding steroid dienone is 2. The lowest BCUT2D eigenvalue weighted by atomic mass is 9.78. The van der Waals surface area contributed by atoms with Gasteiger partial charge >= 0.3 is 5.97 Å². The van der Waals surface area contributed by atoms with E-state index in [1.165, 1.54) is 31.2 Å². The second-order valence-corrected chi connectivity index (χ2v) is 6.44. The molecule has 1 aromatic rings. The topological polar surface area (TPSA) is 37.3 Å². The molecule has 1 N–H and O–H groups in total. The van der Waals surface area contributed by atoms with Gasteiger partial charge in [-0.05, 0) is 61.6 Å². The first kappa shape index (κ1) is 15.3. The zero-order chi connectivity index (χ0) is 14.4. The summed E-state index contributed by atoms with van der Waals surface area (Å²) in [5.41, 5.74) is 1.45. The first-order valence-electron chi connectivity index (χ1n) is 7.29. The van der Waals surface area contributed by atoms with Crippen LogP contribution < -0.4 is 0 Å². The van der Waals surface area contributed by atoms with E-state index in [1.807, 2.05) is 6.08 Å². The van der Waals surface area contributed by atoms with Crippen LogP contribution in [0.15, 0.2) is 40.9 Å². The Labute approximate surface area is 129 Å². The Balaban J connectivity index is 1.77. The van der Waals surface area contributed by atoms with Crippen molar-refractivity contribution < 1.29 is 9.90 Å². The molecule has 0 atom stereocenters. The van der Waals surface area contributed by atoms with Crippen LogP contribution in [0.1, 0.15) is 50.0 Å². The molecule has 20 heavy (non-hydrogen) atoms. The molecular formula is C17H21BrO2. The predicted octanol–water partition coefficient (Wildman–Crippen LogP) is 5.14. The van der Waals surface area contributed by atoms with Gasteiger partial charge < -0.3 is 5.11 Å². The summed E-state index contributed by atoms with van der Waals surface area (Å²) < 4.78 is 1.14. The molecule has 0 radical (unpaired) electrons. The fraction of sp³-hybridized carbons (Fsp3) is 0.471. The summed E-state index contributed by atoms with van der Waals surface area (Å²) in [5, 5.41) is 8.59. The van der Waals surface area contributed by atoms with Crippen molar-refractivity contribution in [3.8, 4) is 0 Å². The highest BCUT2D eigenvalue weighted by Gasteiger charge is 2.20. The van der Waals surface area contributed by atoms with E-state index in [1.54, 1.807) is 0 Å². The largest absolute Gasteiger partial charge is 0.481 e. The molecule has 0 aromatic heterocycles. The summed E-state index contributed by atoms with van der Waals surface area (Å²) in [5.74, 6) is 0.607. The maximum atomic E-state index is 10.4. The minimum absolute atomic E-state index is 0.241. The van der Waals surface area contributed by atoms with Crippen LogP contribution in [0.5, 0.6) is 0 Å². The van der Waals surface area contributed by atoms with E-state index in [0.29, 0.717) is 18.3 Å². The van der Waals surface area contributed by atoms with Crippen molar-refractivity contribution in [3.05, 3.63) is 46.5 Å². The van der Waals surface area contributed by atoms with Crippen molar-refractivity contribution in [2.45, 2.75) is 44.4 Å². The average Bonchev–Trinajstić information content (AvgIpc) is 2.45. The van der Waals surface area contributed by atoms with Crippen LogP contribution in [0.4, 0.5) is 0 Å². The monoisotopic (exact) mass is 336 g/mol. The zero-order valence-electron chi connectivity index (χ0n) is 11.6. The van der Waals surface area contributed by atoms with Crippen LogP contribution >= 0.6 is 15.9 Å². The van der Waals surface area contributed by atoms with Crippen molar-refractivity contribution in [1.82, 2.24) is 0 Å². The smallest absolute Gasteiger partial charge is 0.303 e. The van der Waals surface area contributed by atoms with E-state index in [0.717, 1.165) is 4.47 Å². The molecule has 2 nitrogen and oxygen atoms in total. The molecule has 108 valence electrons. The van der Waals surface area contributed by atoms with Crippen LogP contribution in [0.3, 0.4) is 0 Å². The average molecular weight is 337 g/mol. The van der Waals surface area contributed by atoms with Gasteiger partial charge in [0.2, 0.25) is 0 Å². The Morgan fingerprint density at radius 3 is 2.45 bits per heavy atom. The van der Waals surface area contributed by atoms with Gasteiger partial charge in [-0.25, -0.2) is 0 Å². The minimum Gasteiger partial charge on any atom is -0.481 e. The molecule has 1 aliphatic carbocycles. The third kappa shape index (κ3) is 4.78. The molecule has 0 aliphatic heterocycles. The fourth-order valence-electron chi connectivity index (χ4n) is 2.88. The predicted molar refractivity (Wildman–Crippen MR) is 84.9 cm³/mol. The normalized spacial score (nSPS) is 23.1. The van der Waals surface area contributed by atoms with Crippen LogP contribution in [-0.4, -0.2) is 11.1 Å². The molecule has 1 aromatic carbocycles. The third-order valence-corrected chi connectivity index (χ3v) is 4.58. The molecule has 1 saturated carbocycles. The molecule has 0 bridgehead atoms. The van der Waals surface area contributed by atoms with Crippen LogP contribution in [0, 0.1) is 5.92 Å². The van der Waals surface area contributed by atoms with E-state index in [-0.39, 0.29) is 6.42 Å². The van der Waals surface area contributed by atoms with Gasteiger partial charge in [0.1, 0.15) is 0 Å². The van der Waals surface area contributed by atoms with Gasteiger partial charge in [0.25, 0.3) is 0 Å². The number of hydrogen-bond donors (Lipinski definition) is 1. The number of hydrogen-bond acceptors (Lipinski definition) is 1. The lowest BCUT2D eigenvalue weighted by Crippen LogP contribution is -2.11. The maximum absolute atomic E-state index is 10.4. The number of carboxylic acid groups (broad SMARTS) is 1. The molecule has 0 heterocycles. The molecule has 0 amide bonds. The van der Waals surface area contributed by atoms with Gasteiger partial charge in [0.05, 0.1) is 0 Å². The van der Waals surface area contributed by atoms with E-state index < -0.39 is 5.97 Å². The Morgan fingerprint density at radius 2 is 1.85 bits per heavy atom. The highest BCUT2D eigenvalue weighted by atomic mass is 79.9. The van der Waals surface area contributed by atoms with Crippen LogP contribution in [-0.2, 0) is 4.79 Å². The second-order valence-electron chi connectivity index (χ2n) is 5.52. The number of aliphatic carboxylic acids is 1. The van der Waals surface area contributed by atoms with Crippen molar-refractivity contribution in [2.75, 3.05) is 0 Å². The first-order chi connectivity index (χ1) is 9.65. The summed E-state index contributed by atoms with van der Waals surface area (Å²) in [7, 11) is 0. The molecule has 1 fully saturated rings. The van der Waals surface area contributed by atoms with Crippen molar-refractivity contribution in [1.29, 1.82) is 0 Å². The molecule has 0 spiro atoms. The number of benzene rings is 1. The van der Waals surface area contributed by atoms with E-state index >= 15 is 0 Å². The number of carboxylic acids is 1. The standard InChI is InChI=1S/C17H21BrO2/c18-16-11-9-15(10-12-16)14-7-5-13(6-8-14)3-1-2-4-17(19)20/h1,3,9-14H,2,4-8H2,(H,19,20)/t13-,14-. The van der Waals surface area contributed by atoms with E-state index in [9.17, 15) is 4.79 Å². The summed E-state index contributed by atoms with van der Waals surface area (Å²) in [6.45, 7) is 0. The van der Waals surface area contributed by atoms with Gasteiger partial charge in [-0.3, -0.25) is 4.79 Å². The van der Waals surface area contributed by atoms with Crippen LogP contribution in [0.2, 0.25) is 0 Å². The number of rotatable bonds is 5. The Morgan fingerprint density at radius 1 is 1.20 bits per heavy atom. The summed E-state index contributed by atoms with van der Waals surface area (Å²) in [6.07, 6.45) is 10.0. The zero-order valence-corrected chi connectivity index (χ0v) is 13.2. The highest BCUT2D eigenvalue weighted by Crippen LogP contribution is 2.36. The van der Waals surface area contributed by atoms with Crippen molar-refractivity contribution in [3.63, 3.8) is 0 Å². The quantitative estimate of drug-likeness (QED) is 0.755. The molecular weight excluding hydrogens is 316 g/mol. The van der Waals surface area contributed by atoms with Crippen molar-refractivity contribution >= 4 is 21.9 Å². The Hall–Kier alpha value is -1.09. The Kier molecular flexibility index (Phi) is 5.84. The Bertz CT molecular complexity index is 456. The van der Waals surface area contributed by atoms with E-state index in [4.69, 9.17) is 5.11 Å². The summed E-state index contributed by atoms with van der Waals surface area (Å²) in [4.78, 5) is 10.4. The van der Waals surface area contributed by atoms with E-state index in [2.05, 4.69) is 46.3 Å². The molecule has 0 saturated heterocycles. The lowest BCUT2D eigenvalue weighted by molar-refractivity contribution is -0.136. The van der Waals surface area contributed by atoms with Crippen LogP contribution in [0.25, 0.3) is 0 Å². The first-order valence-corrected chi connectivity index (χ1v) is 8.08.